The Morgan fingerprint density at radius 3 is 2.79 bits per heavy atom. The summed E-state index contributed by atoms with van der Waals surface area (Å²) in [6.45, 7) is 3.56. The van der Waals surface area contributed by atoms with Crippen LogP contribution in [-0.4, -0.2) is 38.9 Å². The molecule has 0 aliphatic heterocycles. The Bertz CT molecular complexity index is 296. The van der Waals surface area contributed by atoms with Crippen LogP contribution in [0.2, 0.25) is 0 Å². The van der Waals surface area contributed by atoms with Crippen LogP contribution in [0.25, 0.3) is 0 Å². The molecular formula is C9H17N3O2. The lowest BCUT2D eigenvalue weighted by atomic mass is 9.95. The van der Waals surface area contributed by atoms with Crippen molar-refractivity contribution in [2.24, 2.45) is 7.05 Å². The number of methoxy groups -OCH3 is 1. The molecule has 2 unspecified atom stereocenters. The van der Waals surface area contributed by atoms with Crippen molar-refractivity contribution in [3.8, 4) is 0 Å². The summed E-state index contributed by atoms with van der Waals surface area (Å²) < 4.78 is 6.70. The van der Waals surface area contributed by atoms with E-state index >= 15 is 0 Å². The molecule has 1 heterocycles. The average Bonchev–Trinajstić information content (AvgIpc) is 2.48. The van der Waals surface area contributed by atoms with Gasteiger partial charge in [-0.05, 0) is 13.8 Å². The molecule has 0 aliphatic rings. The van der Waals surface area contributed by atoms with Gasteiger partial charge in [0.2, 0.25) is 0 Å². The van der Waals surface area contributed by atoms with Crippen molar-refractivity contribution in [3.05, 3.63) is 11.9 Å². The maximum absolute atomic E-state index is 10.0. The van der Waals surface area contributed by atoms with Gasteiger partial charge < -0.3 is 9.84 Å². The van der Waals surface area contributed by atoms with Gasteiger partial charge in [-0.1, -0.05) is 5.21 Å². The zero-order valence-corrected chi connectivity index (χ0v) is 9.06. The Kier molecular flexibility index (Phi) is 3.23. The highest BCUT2D eigenvalue weighted by molar-refractivity contribution is 5.00. The molecule has 0 aliphatic carbocycles. The predicted octanol–water partition coefficient (Wildman–Crippen LogP) is 0.143. The van der Waals surface area contributed by atoms with Gasteiger partial charge in [0.15, 0.2) is 0 Å². The third-order valence-corrected chi connectivity index (χ3v) is 2.42. The first-order valence-corrected chi connectivity index (χ1v) is 4.56. The lowest BCUT2D eigenvalue weighted by Gasteiger charge is -2.28. The van der Waals surface area contributed by atoms with Crippen molar-refractivity contribution in [2.45, 2.75) is 32.0 Å². The number of aliphatic hydroxyl groups is 1. The van der Waals surface area contributed by atoms with E-state index < -0.39 is 5.60 Å². The van der Waals surface area contributed by atoms with Gasteiger partial charge in [0.25, 0.3) is 0 Å². The molecule has 2 atom stereocenters. The van der Waals surface area contributed by atoms with Crippen molar-refractivity contribution in [3.63, 3.8) is 0 Å². The summed E-state index contributed by atoms with van der Waals surface area (Å²) in [7, 11) is 3.38. The van der Waals surface area contributed by atoms with E-state index in [0.29, 0.717) is 6.42 Å². The van der Waals surface area contributed by atoms with Crippen LogP contribution in [0.5, 0.6) is 0 Å². The van der Waals surface area contributed by atoms with Gasteiger partial charge >= 0.3 is 0 Å². The zero-order chi connectivity index (χ0) is 10.8. The summed E-state index contributed by atoms with van der Waals surface area (Å²) >= 11 is 0. The predicted molar refractivity (Wildman–Crippen MR) is 51.8 cm³/mol. The molecule has 14 heavy (non-hydrogen) atoms. The molecule has 5 heteroatoms. The van der Waals surface area contributed by atoms with E-state index in [9.17, 15) is 5.11 Å². The molecule has 1 rings (SSSR count). The highest BCUT2D eigenvalue weighted by atomic mass is 16.5. The number of hydrogen-bond donors (Lipinski definition) is 1. The van der Waals surface area contributed by atoms with Crippen LogP contribution in [0, 0.1) is 0 Å². The maximum Gasteiger partial charge on any atom is 0.0933 e. The SMILES string of the molecule is COC(C)C(C)(O)Cc1cn(C)nn1. The molecule has 0 amide bonds. The fourth-order valence-corrected chi connectivity index (χ4v) is 1.24. The number of nitrogens with zero attached hydrogens (tertiary/aromatic N) is 3. The van der Waals surface area contributed by atoms with Crippen LogP contribution in [-0.2, 0) is 18.2 Å². The topological polar surface area (TPSA) is 60.2 Å². The zero-order valence-electron chi connectivity index (χ0n) is 9.06. The molecule has 5 nitrogen and oxygen atoms in total. The molecule has 1 N–H and O–H groups in total. The number of ether oxygens (including phenoxy) is 1. The summed E-state index contributed by atoms with van der Waals surface area (Å²) in [4.78, 5) is 0. The molecule has 80 valence electrons. The van der Waals surface area contributed by atoms with Gasteiger partial charge in [-0.3, -0.25) is 4.68 Å². The molecule has 0 bridgehead atoms. The number of aryl methyl sites for hydroxylation is 1. The molecular weight excluding hydrogens is 182 g/mol. The first kappa shape index (κ1) is 11.1. The molecule has 0 radical (unpaired) electrons. The first-order chi connectivity index (χ1) is 6.45. The summed E-state index contributed by atoms with van der Waals surface area (Å²) in [6, 6.07) is 0. The molecule has 1 aromatic heterocycles. The normalized spacial score (nSPS) is 17.8. The Morgan fingerprint density at radius 1 is 1.71 bits per heavy atom. The van der Waals surface area contributed by atoms with Crippen molar-refractivity contribution < 1.29 is 9.84 Å². The van der Waals surface area contributed by atoms with E-state index in [2.05, 4.69) is 10.3 Å². The molecule has 0 spiro atoms. The van der Waals surface area contributed by atoms with Crippen LogP contribution < -0.4 is 0 Å². The standard InChI is InChI=1S/C9H17N3O2/c1-7(14-4)9(2,13)5-8-6-12(3)11-10-8/h6-7,13H,5H2,1-4H3. The third kappa shape index (κ3) is 2.52. The second kappa shape index (κ2) is 4.06. The average molecular weight is 199 g/mol. The highest BCUT2D eigenvalue weighted by Crippen LogP contribution is 2.17. The largest absolute Gasteiger partial charge is 0.387 e. The highest BCUT2D eigenvalue weighted by Gasteiger charge is 2.29. The molecule has 0 saturated heterocycles. The van der Waals surface area contributed by atoms with E-state index in [-0.39, 0.29) is 6.10 Å². The second-order valence-electron chi connectivity index (χ2n) is 3.80. The summed E-state index contributed by atoms with van der Waals surface area (Å²) in [5, 5.41) is 17.8. The number of aromatic nitrogens is 3. The van der Waals surface area contributed by atoms with Crippen molar-refractivity contribution in [2.75, 3.05) is 7.11 Å². The van der Waals surface area contributed by atoms with Crippen LogP contribution in [0.15, 0.2) is 6.20 Å². The maximum atomic E-state index is 10.0. The number of hydrogen-bond acceptors (Lipinski definition) is 4. The monoisotopic (exact) mass is 199 g/mol. The lowest BCUT2D eigenvalue weighted by molar-refractivity contribution is -0.0720. The van der Waals surface area contributed by atoms with Gasteiger partial charge in [0.1, 0.15) is 0 Å². The minimum Gasteiger partial charge on any atom is -0.387 e. The van der Waals surface area contributed by atoms with Gasteiger partial charge in [-0.25, -0.2) is 0 Å². The Hall–Kier alpha value is -0.940. The van der Waals surface area contributed by atoms with Crippen LogP contribution >= 0.6 is 0 Å². The van der Waals surface area contributed by atoms with E-state index in [0.717, 1.165) is 5.69 Å². The van der Waals surface area contributed by atoms with Crippen LogP contribution in [0.3, 0.4) is 0 Å². The Labute approximate surface area is 83.7 Å². The van der Waals surface area contributed by atoms with E-state index in [1.54, 1.807) is 32.0 Å². The molecule has 1 aromatic rings. The Balaban J connectivity index is 2.67. The minimum atomic E-state index is -0.912. The fraction of sp³-hybridized carbons (Fsp3) is 0.778. The quantitative estimate of drug-likeness (QED) is 0.749. The van der Waals surface area contributed by atoms with Gasteiger partial charge in [0, 0.05) is 26.8 Å². The smallest absolute Gasteiger partial charge is 0.0933 e. The van der Waals surface area contributed by atoms with Gasteiger partial charge in [-0.15, -0.1) is 5.10 Å². The van der Waals surface area contributed by atoms with Crippen LogP contribution in [0.1, 0.15) is 19.5 Å². The van der Waals surface area contributed by atoms with E-state index in [1.807, 2.05) is 6.92 Å². The first-order valence-electron chi connectivity index (χ1n) is 4.56. The second-order valence-corrected chi connectivity index (χ2v) is 3.80. The number of rotatable bonds is 4. The Morgan fingerprint density at radius 2 is 2.36 bits per heavy atom. The lowest BCUT2D eigenvalue weighted by Crippen LogP contribution is -2.40. The van der Waals surface area contributed by atoms with Gasteiger partial charge in [-0.2, -0.15) is 0 Å². The summed E-state index contributed by atoms with van der Waals surface area (Å²) in [6.07, 6.45) is 2.00. The molecule has 0 saturated carbocycles. The third-order valence-electron chi connectivity index (χ3n) is 2.42. The van der Waals surface area contributed by atoms with Crippen molar-refractivity contribution in [1.82, 2.24) is 15.0 Å². The van der Waals surface area contributed by atoms with E-state index in [1.165, 1.54) is 0 Å². The van der Waals surface area contributed by atoms with Crippen molar-refractivity contribution >= 4 is 0 Å². The van der Waals surface area contributed by atoms with Gasteiger partial charge in [0.05, 0.1) is 17.4 Å². The van der Waals surface area contributed by atoms with Crippen LogP contribution in [0.4, 0.5) is 0 Å². The summed E-state index contributed by atoms with van der Waals surface area (Å²) in [5.74, 6) is 0. The molecule has 0 fully saturated rings. The molecule has 0 aromatic carbocycles. The fourth-order valence-electron chi connectivity index (χ4n) is 1.24. The van der Waals surface area contributed by atoms with E-state index in [4.69, 9.17) is 4.74 Å². The van der Waals surface area contributed by atoms with Crippen molar-refractivity contribution in [1.29, 1.82) is 0 Å². The summed E-state index contributed by atoms with van der Waals surface area (Å²) in [5.41, 5.74) is -0.147. The minimum absolute atomic E-state index is 0.232.